The highest BCUT2D eigenvalue weighted by Crippen LogP contribution is 2.39. The molecule has 4 rings (SSSR count). The van der Waals surface area contributed by atoms with Crippen LogP contribution in [0.1, 0.15) is 30.5 Å². The van der Waals surface area contributed by atoms with E-state index in [9.17, 15) is 19.5 Å². The first-order valence-corrected chi connectivity index (χ1v) is 10.6. The number of H-pyrrole nitrogens is 1. The van der Waals surface area contributed by atoms with Gasteiger partial charge in [-0.3, -0.25) is 14.6 Å². The van der Waals surface area contributed by atoms with Crippen molar-refractivity contribution in [3.63, 3.8) is 0 Å². The molecule has 1 aliphatic heterocycles. The maximum absolute atomic E-state index is 12.7. The van der Waals surface area contributed by atoms with E-state index in [1.54, 1.807) is 30.3 Å². The largest absolute Gasteiger partial charge is 0.497 e. The smallest absolute Gasteiger partial charge is 0.335 e. The van der Waals surface area contributed by atoms with Crippen molar-refractivity contribution in [1.82, 2.24) is 14.6 Å². The van der Waals surface area contributed by atoms with Gasteiger partial charge in [0.2, 0.25) is 11.8 Å². The van der Waals surface area contributed by atoms with Crippen LogP contribution < -0.4 is 20.7 Å². The van der Waals surface area contributed by atoms with Crippen molar-refractivity contribution in [2.45, 2.75) is 19.4 Å². The quantitative estimate of drug-likeness (QED) is 0.573. The summed E-state index contributed by atoms with van der Waals surface area (Å²) in [6.45, 7) is 1.34. The Morgan fingerprint density at radius 2 is 1.85 bits per heavy atom. The fraction of sp³-hybridized carbons (Fsp3) is 0.217. The Labute approximate surface area is 198 Å². The number of carbonyl (C=O) groups excluding carboxylic acids is 1. The average Bonchev–Trinajstić information content (AvgIpc) is 3.24. The van der Waals surface area contributed by atoms with Crippen molar-refractivity contribution in [3.8, 4) is 23.1 Å². The second-order valence-electron chi connectivity index (χ2n) is 7.51. The Morgan fingerprint density at radius 3 is 2.47 bits per heavy atom. The number of nitrogens with one attached hydrogen (secondary N) is 1. The Balaban J connectivity index is 1.85. The van der Waals surface area contributed by atoms with Gasteiger partial charge in [-0.05, 0) is 42.5 Å². The predicted molar refractivity (Wildman–Crippen MR) is 125 cm³/mol. The molecule has 0 unspecified atom stereocenters. The minimum absolute atomic E-state index is 0.0819. The van der Waals surface area contributed by atoms with Crippen molar-refractivity contribution in [2.24, 2.45) is 5.10 Å². The Morgan fingerprint density at radius 1 is 1.15 bits per heavy atom. The highest BCUT2D eigenvalue weighted by molar-refractivity contribution is 6.30. The number of hydrazone groups is 1. The van der Waals surface area contributed by atoms with Gasteiger partial charge in [0, 0.05) is 23.9 Å². The van der Waals surface area contributed by atoms with E-state index >= 15 is 0 Å². The molecule has 0 radical (unpaired) electrons. The van der Waals surface area contributed by atoms with E-state index in [0.717, 1.165) is 4.57 Å². The molecule has 1 amide bonds. The van der Waals surface area contributed by atoms with Gasteiger partial charge in [-0.25, -0.2) is 14.4 Å². The molecule has 176 valence electrons. The van der Waals surface area contributed by atoms with Crippen molar-refractivity contribution in [3.05, 3.63) is 79.5 Å². The zero-order valence-corrected chi connectivity index (χ0v) is 19.3. The molecule has 10 nitrogen and oxygen atoms in total. The molecule has 0 saturated carbocycles. The fourth-order valence-electron chi connectivity index (χ4n) is 3.91. The molecule has 34 heavy (non-hydrogen) atoms. The average molecular weight is 485 g/mol. The number of aromatic nitrogens is 2. The van der Waals surface area contributed by atoms with E-state index in [-0.39, 0.29) is 29.3 Å². The molecule has 0 saturated heterocycles. The molecule has 2 heterocycles. The first-order valence-electron chi connectivity index (χ1n) is 10.2. The summed E-state index contributed by atoms with van der Waals surface area (Å²) in [7, 11) is 3.02. The van der Waals surface area contributed by atoms with Crippen LogP contribution >= 0.6 is 11.6 Å². The normalized spacial score (nSPS) is 15.2. The van der Waals surface area contributed by atoms with Crippen molar-refractivity contribution >= 4 is 23.2 Å². The second kappa shape index (κ2) is 9.06. The van der Waals surface area contributed by atoms with Crippen LogP contribution in [-0.2, 0) is 4.79 Å². The van der Waals surface area contributed by atoms with Gasteiger partial charge >= 0.3 is 5.69 Å². The highest BCUT2D eigenvalue weighted by atomic mass is 35.5. The van der Waals surface area contributed by atoms with Gasteiger partial charge in [0.1, 0.15) is 17.1 Å². The number of amides is 1. The first kappa shape index (κ1) is 23.1. The summed E-state index contributed by atoms with van der Waals surface area (Å²) >= 11 is 5.92. The van der Waals surface area contributed by atoms with Crippen LogP contribution in [0.4, 0.5) is 0 Å². The van der Waals surface area contributed by atoms with E-state index in [1.165, 1.54) is 38.3 Å². The summed E-state index contributed by atoms with van der Waals surface area (Å²) in [4.78, 5) is 39.9. The molecular formula is C23H21ClN4O6. The van der Waals surface area contributed by atoms with Crippen molar-refractivity contribution in [1.29, 1.82) is 0 Å². The zero-order valence-electron chi connectivity index (χ0n) is 18.5. The number of hydrogen-bond donors (Lipinski definition) is 2. The molecule has 0 bridgehead atoms. The lowest BCUT2D eigenvalue weighted by Gasteiger charge is -2.22. The number of carbonyl (C=O) groups is 1. The molecule has 0 fully saturated rings. The topological polar surface area (TPSA) is 126 Å². The molecule has 0 spiro atoms. The number of rotatable bonds is 5. The third-order valence-corrected chi connectivity index (χ3v) is 5.74. The molecule has 1 aromatic heterocycles. The molecule has 3 aromatic rings. The molecule has 2 aromatic carbocycles. The summed E-state index contributed by atoms with van der Waals surface area (Å²) in [6, 6.07) is 10.6. The lowest BCUT2D eigenvalue weighted by molar-refractivity contribution is -0.130. The van der Waals surface area contributed by atoms with E-state index < -0.39 is 23.2 Å². The molecule has 0 aliphatic carbocycles. The molecule has 1 aliphatic rings. The van der Waals surface area contributed by atoms with Crippen LogP contribution in [0.3, 0.4) is 0 Å². The van der Waals surface area contributed by atoms with Crippen LogP contribution in [-0.4, -0.2) is 45.5 Å². The summed E-state index contributed by atoms with van der Waals surface area (Å²) in [5.41, 5.74) is -0.846. The number of benzene rings is 2. The fourth-order valence-corrected chi connectivity index (χ4v) is 4.03. The number of halogens is 1. The number of methoxy groups -OCH3 is 2. The van der Waals surface area contributed by atoms with Gasteiger partial charge in [-0.15, -0.1) is 0 Å². The summed E-state index contributed by atoms with van der Waals surface area (Å²) in [5.74, 6) is 0.0610. The summed E-state index contributed by atoms with van der Waals surface area (Å²) < 4.78 is 11.7. The SMILES string of the molecule is COc1ccc(OC)c([C@H]2CC(c3c(O)n(-c4ccc(Cl)cc4)c(=O)[nH]c3=O)=NN2C(C)=O)c1. The highest BCUT2D eigenvalue weighted by Gasteiger charge is 2.36. The summed E-state index contributed by atoms with van der Waals surface area (Å²) in [5, 5.41) is 17.0. The molecular weight excluding hydrogens is 464 g/mol. The summed E-state index contributed by atoms with van der Waals surface area (Å²) in [6.07, 6.45) is 0.0819. The van der Waals surface area contributed by atoms with Crippen LogP contribution in [0.25, 0.3) is 5.69 Å². The molecule has 2 N–H and O–H groups in total. The van der Waals surface area contributed by atoms with Crippen molar-refractivity contribution < 1.29 is 19.4 Å². The van der Waals surface area contributed by atoms with E-state index in [1.807, 2.05) is 0 Å². The van der Waals surface area contributed by atoms with Crippen LogP contribution in [0.2, 0.25) is 5.02 Å². The minimum Gasteiger partial charge on any atom is -0.497 e. The maximum Gasteiger partial charge on any atom is 0.335 e. The van der Waals surface area contributed by atoms with E-state index in [2.05, 4.69) is 10.1 Å². The first-order chi connectivity index (χ1) is 16.2. The Kier molecular flexibility index (Phi) is 6.16. The number of aromatic hydroxyl groups is 1. The molecule has 1 atom stereocenters. The monoisotopic (exact) mass is 484 g/mol. The second-order valence-corrected chi connectivity index (χ2v) is 7.94. The van der Waals surface area contributed by atoms with Crippen molar-refractivity contribution in [2.75, 3.05) is 14.2 Å². The van der Waals surface area contributed by atoms with E-state index in [0.29, 0.717) is 22.1 Å². The Hall–Kier alpha value is -4.05. The Bertz CT molecular complexity index is 1410. The van der Waals surface area contributed by atoms with Gasteiger partial charge in [0.05, 0.1) is 31.7 Å². The lowest BCUT2D eigenvalue weighted by Crippen LogP contribution is -2.33. The van der Waals surface area contributed by atoms with Gasteiger partial charge in [0.25, 0.3) is 5.56 Å². The maximum atomic E-state index is 12.7. The molecule has 11 heteroatoms. The van der Waals surface area contributed by atoms with E-state index in [4.69, 9.17) is 21.1 Å². The number of ether oxygens (including phenoxy) is 2. The van der Waals surface area contributed by atoms with Crippen LogP contribution in [0, 0.1) is 0 Å². The standard InChI is InChI=1S/C23H21ClN4O6/c1-12(29)28-18(16-10-15(33-2)8-9-19(16)34-3)11-17(26-28)20-21(30)25-23(32)27(22(20)31)14-6-4-13(24)5-7-14/h4-10,18,31H,11H2,1-3H3,(H,25,30,32)/t18-/m1/s1. The predicted octanol–water partition coefficient (Wildman–Crippen LogP) is 2.60. The zero-order chi connectivity index (χ0) is 24.6. The van der Waals surface area contributed by atoms with Crippen LogP contribution in [0.15, 0.2) is 57.2 Å². The minimum atomic E-state index is -0.832. The number of aromatic amines is 1. The lowest BCUT2D eigenvalue weighted by atomic mass is 9.98. The third-order valence-electron chi connectivity index (χ3n) is 5.49. The van der Waals surface area contributed by atoms with Gasteiger partial charge in [-0.2, -0.15) is 5.10 Å². The number of hydrogen-bond acceptors (Lipinski definition) is 7. The van der Waals surface area contributed by atoms with Gasteiger partial charge < -0.3 is 14.6 Å². The van der Waals surface area contributed by atoms with Gasteiger partial charge in [0.15, 0.2) is 0 Å². The van der Waals surface area contributed by atoms with Gasteiger partial charge in [-0.1, -0.05) is 11.6 Å². The number of nitrogens with zero attached hydrogens (tertiary/aromatic N) is 3. The van der Waals surface area contributed by atoms with Crippen LogP contribution in [0.5, 0.6) is 17.4 Å². The third kappa shape index (κ3) is 4.03.